The molecule has 4 N–H and O–H groups in total. The third kappa shape index (κ3) is 4.25. The number of halogens is 1. The molecule has 1 aromatic carbocycles. The Bertz CT molecular complexity index is 909. The Morgan fingerprint density at radius 2 is 2.00 bits per heavy atom. The van der Waals surface area contributed by atoms with Crippen LogP contribution in [0.15, 0.2) is 53.5 Å². The molecule has 0 heterocycles. The number of phenols is 2. The van der Waals surface area contributed by atoms with Crippen molar-refractivity contribution in [2.24, 2.45) is 0 Å². The number of ketones is 1. The number of rotatable bonds is 4. The summed E-state index contributed by atoms with van der Waals surface area (Å²) in [6, 6.07) is 0.884. The van der Waals surface area contributed by atoms with Crippen LogP contribution in [0.2, 0.25) is 0 Å². The summed E-state index contributed by atoms with van der Waals surface area (Å²) in [5.41, 5.74) is 0.196. The number of fused-ring (bicyclic) bond motifs is 1. The van der Waals surface area contributed by atoms with Gasteiger partial charge in [-0.3, -0.25) is 9.59 Å². The first-order valence-electron chi connectivity index (χ1n) is 8.33. The molecule has 0 radical (unpaired) electrons. The first kappa shape index (κ1) is 20.0. The van der Waals surface area contributed by atoms with Gasteiger partial charge in [0.2, 0.25) is 5.78 Å². The molecular formula is C20H20FNO5. The molecule has 0 saturated carbocycles. The van der Waals surface area contributed by atoms with Gasteiger partial charge in [0.05, 0.1) is 5.56 Å². The second kappa shape index (κ2) is 8.35. The lowest BCUT2D eigenvalue weighted by atomic mass is 9.94. The average molecular weight is 373 g/mol. The summed E-state index contributed by atoms with van der Waals surface area (Å²) in [5.74, 6) is -5.52. The van der Waals surface area contributed by atoms with Gasteiger partial charge in [-0.15, -0.1) is 0 Å². The summed E-state index contributed by atoms with van der Waals surface area (Å²) in [4.78, 5) is 24.9. The Kier molecular flexibility index (Phi) is 6.18. The van der Waals surface area contributed by atoms with Crippen molar-refractivity contribution in [2.45, 2.75) is 26.7 Å². The van der Waals surface area contributed by atoms with Crippen LogP contribution in [0.4, 0.5) is 4.39 Å². The molecule has 1 aliphatic carbocycles. The number of hydrogen-bond acceptors (Lipinski definition) is 5. The molecule has 0 atom stereocenters. The van der Waals surface area contributed by atoms with Gasteiger partial charge in [0.1, 0.15) is 0 Å². The molecule has 7 heteroatoms. The zero-order chi connectivity index (χ0) is 20.1. The first-order chi connectivity index (χ1) is 12.8. The summed E-state index contributed by atoms with van der Waals surface area (Å²) in [6.45, 7) is 3.70. The highest BCUT2D eigenvalue weighted by Gasteiger charge is 2.27. The highest BCUT2D eigenvalue weighted by atomic mass is 19.1. The number of aliphatic hydroxyl groups is 1. The highest BCUT2D eigenvalue weighted by Crippen LogP contribution is 2.36. The van der Waals surface area contributed by atoms with Crippen molar-refractivity contribution < 1.29 is 29.3 Å². The van der Waals surface area contributed by atoms with E-state index in [2.05, 4.69) is 5.32 Å². The predicted octanol–water partition coefficient (Wildman–Crippen LogP) is 3.33. The van der Waals surface area contributed by atoms with Crippen LogP contribution in [-0.2, 0) is 11.2 Å². The molecule has 1 aliphatic rings. The lowest BCUT2D eigenvalue weighted by molar-refractivity contribution is -0.116. The van der Waals surface area contributed by atoms with E-state index in [0.29, 0.717) is 12.1 Å². The molecule has 1 aromatic rings. The van der Waals surface area contributed by atoms with Gasteiger partial charge in [-0.1, -0.05) is 25.2 Å². The van der Waals surface area contributed by atoms with Crippen LogP contribution in [0.25, 0.3) is 0 Å². The van der Waals surface area contributed by atoms with Gasteiger partial charge < -0.3 is 20.6 Å². The Labute approximate surface area is 155 Å². The van der Waals surface area contributed by atoms with E-state index >= 15 is 0 Å². The lowest BCUT2D eigenvalue weighted by Gasteiger charge is -2.15. The van der Waals surface area contributed by atoms with Gasteiger partial charge in [-0.25, -0.2) is 4.39 Å². The standard InChI is InChI=1S/C20H20FNO5/c1-3-5-13(6-4-2)22-20(27)12-8-7-11-9-14(21)17(24)19(26)16(11)18(25)15(23)10-12/h3,5-6,8-10,23-24,26H,4,7H2,1-2H3,(H,22,27)/b5-3-,12-8+,13-6+,15-10+. The smallest absolute Gasteiger partial charge is 0.255 e. The van der Waals surface area contributed by atoms with Crippen LogP contribution in [0, 0.1) is 5.82 Å². The quantitative estimate of drug-likeness (QED) is 0.478. The van der Waals surface area contributed by atoms with E-state index in [0.717, 1.165) is 12.1 Å². The molecule has 0 unspecified atom stereocenters. The molecule has 6 nitrogen and oxygen atoms in total. The van der Waals surface area contributed by atoms with E-state index in [-0.39, 0.29) is 17.6 Å². The van der Waals surface area contributed by atoms with E-state index in [1.165, 1.54) is 6.08 Å². The van der Waals surface area contributed by atoms with Gasteiger partial charge in [0, 0.05) is 11.3 Å². The highest BCUT2D eigenvalue weighted by molar-refractivity contribution is 6.12. The Balaban J connectivity index is 2.46. The number of carbonyl (C=O) groups excluding carboxylic acids is 2. The van der Waals surface area contributed by atoms with E-state index in [1.54, 1.807) is 25.2 Å². The van der Waals surface area contributed by atoms with Crippen LogP contribution in [0.5, 0.6) is 11.5 Å². The zero-order valence-electron chi connectivity index (χ0n) is 14.9. The van der Waals surface area contributed by atoms with Crippen molar-refractivity contribution in [2.75, 3.05) is 0 Å². The van der Waals surface area contributed by atoms with E-state index < -0.39 is 40.3 Å². The van der Waals surface area contributed by atoms with Crippen LogP contribution in [0.3, 0.4) is 0 Å². The molecule has 0 bridgehead atoms. The minimum Gasteiger partial charge on any atom is -0.504 e. The number of carbonyl (C=O) groups is 2. The number of allylic oxidation sites excluding steroid dienone is 5. The fourth-order valence-electron chi connectivity index (χ4n) is 2.63. The molecule has 27 heavy (non-hydrogen) atoms. The largest absolute Gasteiger partial charge is 0.504 e. The maximum Gasteiger partial charge on any atom is 0.255 e. The molecule has 142 valence electrons. The Hall–Kier alpha value is -3.35. The van der Waals surface area contributed by atoms with Gasteiger partial charge in [0.15, 0.2) is 23.1 Å². The van der Waals surface area contributed by atoms with Crippen LogP contribution in [0.1, 0.15) is 36.2 Å². The van der Waals surface area contributed by atoms with Crippen LogP contribution in [-0.4, -0.2) is 27.0 Å². The van der Waals surface area contributed by atoms with Crippen molar-refractivity contribution in [1.82, 2.24) is 5.32 Å². The molecule has 0 fully saturated rings. The number of amides is 1. The Morgan fingerprint density at radius 1 is 1.30 bits per heavy atom. The molecule has 1 amide bonds. The minimum absolute atomic E-state index is 0.00554. The van der Waals surface area contributed by atoms with E-state index in [1.807, 2.05) is 6.92 Å². The molecule has 0 aliphatic heterocycles. The minimum atomic E-state index is -1.11. The summed E-state index contributed by atoms with van der Waals surface area (Å²) in [5, 5.41) is 32.1. The Morgan fingerprint density at radius 3 is 2.63 bits per heavy atom. The number of aromatic hydroxyl groups is 2. The SMILES string of the molecule is C/C=C\C(=C/CC)NC(=O)C1=C/Cc2cc(F)c(O)c(O)c2C(=O)/C(O)=C\1. The zero-order valence-corrected chi connectivity index (χ0v) is 14.9. The van der Waals surface area contributed by atoms with E-state index in [4.69, 9.17) is 0 Å². The lowest BCUT2D eigenvalue weighted by Crippen LogP contribution is -2.24. The number of benzene rings is 1. The van der Waals surface area contributed by atoms with Gasteiger partial charge in [0.25, 0.3) is 5.91 Å². The van der Waals surface area contributed by atoms with Crippen LogP contribution < -0.4 is 5.32 Å². The van der Waals surface area contributed by atoms with Gasteiger partial charge in [-0.2, -0.15) is 0 Å². The van der Waals surface area contributed by atoms with Crippen molar-refractivity contribution >= 4 is 11.7 Å². The summed E-state index contributed by atoms with van der Waals surface area (Å²) in [7, 11) is 0. The summed E-state index contributed by atoms with van der Waals surface area (Å²) in [6.07, 6.45) is 8.24. The monoisotopic (exact) mass is 373 g/mol. The van der Waals surface area contributed by atoms with Crippen molar-refractivity contribution in [3.63, 3.8) is 0 Å². The number of Topliss-reactive ketones (excluding diaryl/α,β-unsaturated/α-hetero) is 1. The van der Waals surface area contributed by atoms with Crippen molar-refractivity contribution in [1.29, 1.82) is 0 Å². The van der Waals surface area contributed by atoms with Crippen LogP contribution >= 0.6 is 0 Å². The van der Waals surface area contributed by atoms with E-state index in [9.17, 15) is 29.3 Å². The second-order valence-corrected chi connectivity index (χ2v) is 5.83. The fourth-order valence-corrected chi connectivity index (χ4v) is 2.63. The number of nitrogens with one attached hydrogen (secondary N) is 1. The molecule has 0 saturated heterocycles. The molecule has 0 spiro atoms. The third-order valence-corrected chi connectivity index (χ3v) is 3.89. The second-order valence-electron chi connectivity index (χ2n) is 5.83. The maximum absolute atomic E-state index is 13.7. The summed E-state index contributed by atoms with van der Waals surface area (Å²) >= 11 is 0. The third-order valence-electron chi connectivity index (χ3n) is 3.89. The maximum atomic E-state index is 13.7. The molecule has 2 rings (SSSR count). The summed E-state index contributed by atoms with van der Waals surface area (Å²) < 4.78 is 13.7. The average Bonchev–Trinajstić information content (AvgIpc) is 2.61. The normalized spacial score (nSPS) is 18.8. The van der Waals surface area contributed by atoms with Crippen molar-refractivity contribution in [3.8, 4) is 11.5 Å². The topological polar surface area (TPSA) is 107 Å². The fraction of sp³-hybridized carbons (Fsp3) is 0.200. The first-order valence-corrected chi connectivity index (χ1v) is 8.33. The van der Waals surface area contributed by atoms with Gasteiger partial charge >= 0.3 is 0 Å². The van der Waals surface area contributed by atoms with Crippen molar-refractivity contribution in [3.05, 3.63) is 70.4 Å². The molecule has 0 aromatic heterocycles. The number of phenolic OH excluding ortho intramolecular Hbond substituents is 2. The predicted molar refractivity (Wildman–Crippen MR) is 97.9 cm³/mol. The van der Waals surface area contributed by atoms with Gasteiger partial charge in [-0.05, 0) is 43.5 Å². The number of aliphatic hydroxyl groups excluding tert-OH is 1. The number of hydrogen-bond donors (Lipinski definition) is 4. The molecular weight excluding hydrogens is 353 g/mol.